The average molecular weight is 530 g/mol. The molecule has 1 aliphatic rings. The number of nitrogens with one attached hydrogen (secondary N) is 1. The van der Waals surface area contributed by atoms with Crippen molar-refractivity contribution in [2.75, 3.05) is 13.1 Å². The minimum Gasteiger partial charge on any atom is -0.489 e. The Kier molecular flexibility index (Phi) is 10.1. The van der Waals surface area contributed by atoms with E-state index in [2.05, 4.69) is 10.3 Å². The molecule has 0 aliphatic carbocycles. The third-order valence-corrected chi connectivity index (χ3v) is 7.01. The number of carboxylic acid groups (broad SMARTS) is 1. The van der Waals surface area contributed by atoms with Crippen molar-refractivity contribution in [3.05, 3.63) is 95.8 Å². The number of aryl methyl sites for hydroxylation is 1. The fourth-order valence-electron chi connectivity index (χ4n) is 4.74. The van der Waals surface area contributed by atoms with Crippen LogP contribution in [0.5, 0.6) is 5.75 Å². The number of carbonyl (C=O) groups excluding carboxylic acids is 2. The molecule has 39 heavy (non-hydrogen) atoms. The van der Waals surface area contributed by atoms with Crippen LogP contribution in [-0.4, -0.2) is 51.9 Å². The van der Waals surface area contributed by atoms with E-state index in [1.54, 1.807) is 6.20 Å². The number of hydrogen-bond donors (Lipinski definition) is 2. The summed E-state index contributed by atoms with van der Waals surface area (Å²) in [5.74, 6) is -0.419. The van der Waals surface area contributed by atoms with Gasteiger partial charge < -0.3 is 20.1 Å². The smallest absolute Gasteiger partial charge is 0.326 e. The van der Waals surface area contributed by atoms with Crippen LogP contribution in [0.4, 0.5) is 0 Å². The molecule has 1 unspecified atom stereocenters. The number of likely N-dealkylation sites (tertiary alicyclic amines) is 1. The molecule has 1 atom stereocenters. The predicted molar refractivity (Wildman–Crippen MR) is 147 cm³/mol. The molecule has 1 saturated heterocycles. The van der Waals surface area contributed by atoms with Gasteiger partial charge in [0.25, 0.3) is 0 Å². The zero-order chi connectivity index (χ0) is 27.5. The molecule has 204 valence electrons. The van der Waals surface area contributed by atoms with Crippen molar-refractivity contribution in [1.82, 2.24) is 15.2 Å². The summed E-state index contributed by atoms with van der Waals surface area (Å²) in [4.78, 5) is 43.2. The van der Waals surface area contributed by atoms with Gasteiger partial charge in [-0.15, -0.1) is 0 Å². The molecular formula is C31H35N3O5. The first-order chi connectivity index (χ1) is 19.0. The maximum atomic E-state index is 12.7. The highest BCUT2D eigenvalue weighted by atomic mass is 16.5. The summed E-state index contributed by atoms with van der Waals surface area (Å²) in [7, 11) is 0. The van der Waals surface area contributed by atoms with Crippen LogP contribution in [0.25, 0.3) is 0 Å². The van der Waals surface area contributed by atoms with Crippen molar-refractivity contribution in [2.24, 2.45) is 5.92 Å². The molecule has 0 spiro atoms. The van der Waals surface area contributed by atoms with Crippen molar-refractivity contribution < 1.29 is 24.2 Å². The molecule has 1 aliphatic heterocycles. The van der Waals surface area contributed by atoms with Crippen molar-refractivity contribution in [3.63, 3.8) is 0 Å². The summed E-state index contributed by atoms with van der Waals surface area (Å²) in [5, 5.41) is 12.4. The number of rotatable bonds is 12. The minimum atomic E-state index is -1.07. The van der Waals surface area contributed by atoms with E-state index >= 15 is 0 Å². The number of nitrogens with zero attached hydrogens (tertiary/aromatic N) is 2. The van der Waals surface area contributed by atoms with E-state index in [0.717, 1.165) is 29.7 Å². The molecule has 1 fully saturated rings. The third kappa shape index (κ3) is 8.95. The van der Waals surface area contributed by atoms with E-state index in [1.807, 2.05) is 77.7 Å². The molecule has 8 heteroatoms. The van der Waals surface area contributed by atoms with Crippen LogP contribution in [-0.2, 0) is 33.8 Å². The summed E-state index contributed by atoms with van der Waals surface area (Å²) in [6.07, 6.45) is 4.65. The van der Waals surface area contributed by atoms with Crippen molar-refractivity contribution in [2.45, 2.75) is 51.2 Å². The van der Waals surface area contributed by atoms with Crippen LogP contribution >= 0.6 is 0 Å². The van der Waals surface area contributed by atoms with Crippen LogP contribution < -0.4 is 10.1 Å². The predicted octanol–water partition coefficient (Wildman–Crippen LogP) is 4.03. The molecule has 3 aromatic rings. The minimum absolute atomic E-state index is 0.103. The number of piperidine rings is 1. The fraction of sp³-hybridized carbons (Fsp3) is 0.355. The fourth-order valence-corrected chi connectivity index (χ4v) is 4.74. The number of aliphatic carboxylic acids is 1. The van der Waals surface area contributed by atoms with Crippen molar-refractivity contribution in [3.8, 4) is 5.75 Å². The molecule has 1 aromatic heterocycles. The van der Waals surface area contributed by atoms with Crippen molar-refractivity contribution >= 4 is 17.8 Å². The molecule has 0 saturated carbocycles. The van der Waals surface area contributed by atoms with E-state index in [1.165, 1.54) is 0 Å². The van der Waals surface area contributed by atoms with E-state index < -0.39 is 12.0 Å². The zero-order valence-electron chi connectivity index (χ0n) is 22.0. The molecule has 2 aromatic carbocycles. The number of aromatic nitrogens is 1. The highest BCUT2D eigenvalue weighted by Gasteiger charge is 2.26. The lowest BCUT2D eigenvalue weighted by molar-refractivity contribution is -0.142. The first-order valence-electron chi connectivity index (χ1n) is 13.4. The standard InChI is InChI=1S/C31H35N3O5/c35-29(21-24-15-18-34(19-16-24)30(36)14-11-26-8-4-5-17-32-26)33-28(31(37)38)20-23-9-12-27(13-10-23)39-22-25-6-2-1-3-7-25/h1-10,12-13,17,24,28H,11,14-16,18-22H2,(H,33,35)(H,37,38). The summed E-state index contributed by atoms with van der Waals surface area (Å²) in [6, 6.07) is 21.8. The topological polar surface area (TPSA) is 109 Å². The van der Waals surface area contributed by atoms with Gasteiger partial charge in [-0.05, 0) is 60.6 Å². The normalized spacial score (nSPS) is 14.4. The second-order valence-corrected chi connectivity index (χ2v) is 9.93. The maximum Gasteiger partial charge on any atom is 0.326 e. The zero-order valence-corrected chi connectivity index (χ0v) is 22.0. The quantitative estimate of drug-likeness (QED) is 0.367. The molecule has 2 amide bonds. The van der Waals surface area contributed by atoms with E-state index in [4.69, 9.17) is 4.74 Å². The molecule has 2 N–H and O–H groups in total. The van der Waals surface area contributed by atoms with Gasteiger partial charge >= 0.3 is 5.97 Å². The van der Waals surface area contributed by atoms with Gasteiger partial charge in [0.15, 0.2) is 0 Å². The first-order valence-corrected chi connectivity index (χ1v) is 13.4. The van der Waals surface area contributed by atoms with Gasteiger partial charge in [0.1, 0.15) is 18.4 Å². The first kappa shape index (κ1) is 27.8. The second-order valence-electron chi connectivity index (χ2n) is 9.93. The molecule has 0 radical (unpaired) electrons. The number of carboxylic acids is 1. The number of pyridine rings is 1. The lowest BCUT2D eigenvalue weighted by Crippen LogP contribution is -2.44. The average Bonchev–Trinajstić information content (AvgIpc) is 2.96. The van der Waals surface area contributed by atoms with E-state index in [0.29, 0.717) is 38.3 Å². The third-order valence-electron chi connectivity index (χ3n) is 7.01. The lowest BCUT2D eigenvalue weighted by Gasteiger charge is -2.32. The molecule has 8 nitrogen and oxygen atoms in total. The van der Waals surface area contributed by atoms with Crippen molar-refractivity contribution in [1.29, 1.82) is 0 Å². The largest absolute Gasteiger partial charge is 0.489 e. The van der Waals surface area contributed by atoms with Crippen LogP contribution in [0.3, 0.4) is 0 Å². The van der Waals surface area contributed by atoms with Crippen LogP contribution in [0.1, 0.15) is 42.5 Å². The molecule has 2 heterocycles. The van der Waals surface area contributed by atoms with Gasteiger partial charge in [-0.25, -0.2) is 4.79 Å². The lowest BCUT2D eigenvalue weighted by atomic mass is 9.92. The van der Waals surface area contributed by atoms with E-state index in [9.17, 15) is 19.5 Å². The number of benzene rings is 2. The van der Waals surface area contributed by atoms with Gasteiger partial charge in [0, 0.05) is 44.2 Å². The number of amides is 2. The van der Waals surface area contributed by atoms with E-state index in [-0.39, 0.29) is 30.6 Å². The summed E-state index contributed by atoms with van der Waals surface area (Å²) in [5.41, 5.74) is 2.76. The van der Waals surface area contributed by atoms with Gasteiger partial charge in [0.2, 0.25) is 11.8 Å². The Bertz CT molecular complexity index is 1210. The summed E-state index contributed by atoms with van der Waals surface area (Å²) < 4.78 is 5.79. The van der Waals surface area contributed by atoms with Gasteiger partial charge in [0.05, 0.1) is 0 Å². The summed E-state index contributed by atoms with van der Waals surface area (Å²) in [6.45, 7) is 1.67. The SMILES string of the molecule is O=C(CC1CCN(C(=O)CCc2ccccn2)CC1)NC(Cc1ccc(OCc2ccccc2)cc1)C(=O)O. The number of carbonyl (C=O) groups is 3. The Balaban J connectivity index is 1.18. The van der Waals surface area contributed by atoms with Crippen LogP contribution in [0.15, 0.2) is 79.0 Å². The van der Waals surface area contributed by atoms with Crippen LogP contribution in [0, 0.1) is 5.92 Å². The monoisotopic (exact) mass is 529 g/mol. The Hall–Kier alpha value is -4.20. The molecule has 4 rings (SSSR count). The second kappa shape index (κ2) is 14.1. The van der Waals surface area contributed by atoms with Crippen LogP contribution in [0.2, 0.25) is 0 Å². The molecular weight excluding hydrogens is 494 g/mol. The number of ether oxygens (including phenoxy) is 1. The summed E-state index contributed by atoms with van der Waals surface area (Å²) >= 11 is 0. The van der Waals surface area contributed by atoms with Gasteiger partial charge in [-0.2, -0.15) is 0 Å². The highest BCUT2D eigenvalue weighted by molar-refractivity contribution is 5.84. The maximum absolute atomic E-state index is 12.7. The Labute approximate surface area is 229 Å². The van der Waals surface area contributed by atoms with Gasteiger partial charge in [-0.3, -0.25) is 14.6 Å². The Morgan fingerprint density at radius 3 is 2.33 bits per heavy atom. The highest BCUT2D eigenvalue weighted by Crippen LogP contribution is 2.22. The Morgan fingerprint density at radius 2 is 1.67 bits per heavy atom. The Morgan fingerprint density at radius 1 is 0.949 bits per heavy atom. The van der Waals surface area contributed by atoms with Gasteiger partial charge in [-0.1, -0.05) is 48.5 Å². The number of hydrogen-bond acceptors (Lipinski definition) is 5. The molecule has 0 bridgehead atoms.